The Morgan fingerprint density at radius 1 is 1.44 bits per heavy atom. The van der Waals surface area contributed by atoms with Crippen LogP contribution in [0.4, 0.5) is 8.78 Å². The Hall–Kier alpha value is -0.680. The van der Waals surface area contributed by atoms with Crippen LogP contribution >= 0.6 is 39.9 Å². The van der Waals surface area contributed by atoms with Crippen LogP contribution in [0.15, 0.2) is 27.7 Å². The van der Waals surface area contributed by atoms with Gasteiger partial charge >= 0.3 is 6.61 Å². The number of alkyl halides is 2. The summed E-state index contributed by atoms with van der Waals surface area (Å²) in [6, 6.07) is 5.18. The number of hydrogen-bond acceptors (Lipinski definition) is 3. The van der Waals surface area contributed by atoms with Gasteiger partial charge < -0.3 is 20.1 Å². The van der Waals surface area contributed by atoms with E-state index in [4.69, 9.17) is 4.74 Å². The quantitative estimate of drug-likeness (QED) is 0.346. The summed E-state index contributed by atoms with van der Waals surface area (Å²) in [5, 5.41) is 6.51. The van der Waals surface area contributed by atoms with Crippen molar-refractivity contribution < 1.29 is 18.3 Å². The highest BCUT2D eigenvalue weighted by Gasteiger charge is 2.41. The molecule has 5 nitrogen and oxygen atoms in total. The first-order valence-corrected chi connectivity index (χ1v) is 8.70. The molecule has 0 spiro atoms. The van der Waals surface area contributed by atoms with Gasteiger partial charge in [0.15, 0.2) is 5.96 Å². The van der Waals surface area contributed by atoms with Crippen LogP contribution in [0.2, 0.25) is 0 Å². The predicted molar refractivity (Wildman–Crippen MR) is 106 cm³/mol. The molecule has 2 saturated heterocycles. The van der Waals surface area contributed by atoms with Crippen molar-refractivity contribution in [1.29, 1.82) is 0 Å². The summed E-state index contributed by atoms with van der Waals surface area (Å²) in [7, 11) is 1.68. The fraction of sp³-hybridized carbons (Fsp3) is 0.562. The van der Waals surface area contributed by atoms with Crippen LogP contribution in [-0.4, -0.2) is 37.9 Å². The molecule has 3 atom stereocenters. The molecule has 3 unspecified atom stereocenters. The number of nitrogens with zero attached hydrogens (tertiary/aromatic N) is 1. The molecule has 3 rings (SSSR count). The summed E-state index contributed by atoms with van der Waals surface area (Å²) >= 11 is 3.35. The van der Waals surface area contributed by atoms with Crippen molar-refractivity contribution in [2.75, 3.05) is 7.05 Å². The Labute approximate surface area is 171 Å². The van der Waals surface area contributed by atoms with Crippen molar-refractivity contribution in [1.82, 2.24) is 10.6 Å². The van der Waals surface area contributed by atoms with E-state index >= 15 is 0 Å². The third-order valence-corrected chi connectivity index (χ3v) is 4.83. The van der Waals surface area contributed by atoms with Crippen molar-refractivity contribution in [3.8, 4) is 5.75 Å². The first-order valence-electron chi connectivity index (χ1n) is 7.91. The van der Waals surface area contributed by atoms with Crippen molar-refractivity contribution in [2.45, 2.75) is 50.7 Å². The van der Waals surface area contributed by atoms with E-state index in [0.717, 1.165) is 23.7 Å². The van der Waals surface area contributed by atoms with Crippen LogP contribution in [0.25, 0.3) is 0 Å². The fourth-order valence-corrected chi connectivity index (χ4v) is 3.64. The number of halogens is 4. The first kappa shape index (κ1) is 20.6. The summed E-state index contributed by atoms with van der Waals surface area (Å²) in [5.41, 5.74) is 0.622. The molecule has 2 fully saturated rings. The second-order valence-corrected chi connectivity index (χ2v) is 6.83. The minimum absolute atomic E-state index is 0. The second kappa shape index (κ2) is 9.31. The van der Waals surface area contributed by atoms with Gasteiger partial charge in [-0.1, -0.05) is 15.9 Å². The van der Waals surface area contributed by atoms with E-state index in [1.54, 1.807) is 19.2 Å². The van der Waals surface area contributed by atoms with E-state index in [2.05, 4.69) is 36.3 Å². The van der Waals surface area contributed by atoms with Gasteiger partial charge in [0, 0.05) is 23.6 Å². The topological polar surface area (TPSA) is 54.9 Å². The van der Waals surface area contributed by atoms with Crippen LogP contribution in [0.1, 0.15) is 24.8 Å². The number of hydrogen-bond donors (Lipinski definition) is 2. The van der Waals surface area contributed by atoms with Crippen molar-refractivity contribution in [3.63, 3.8) is 0 Å². The molecule has 2 N–H and O–H groups in total. The number of aliphatic imine (C=N–C) groups is 1. The van der Waals surface area contributed by atoms with Crippen LogP contribution in [0.5, 0.6) is 5.75 Å². The van der Waals surface area contributed by atoms with Gasteiger partial charge in [-0.15, -0.1) is 24.0 Å². The van der Waals surface area contributed by atoms with E-state index in [1.807, 2.05) is 0 Å². The number of rotatable bonds is 5. The van der Waals surface area contributed by atoms with E-state index in [1.165, 1.54) is 6.07 Å². The van der Waals surface area contributed by atoms with E-state index in [-0.39, 0.29) is 41.9 Å². The molecular formula is C16H21BrF2IN3O2. The normalized spacial score (nSPS) is 25.0. The lowest BCUT2D eigenvalue weighted by molar-refractivity contribution is -0.0504. The average molecular weight is 532 g/mol. The van der Waals surface area contributed by atoms with E-state index < -0.39 is 6.61 Å². The minimum atomic E-state index is -2.85. The zero-order valence-electron chi connectivity index (χ0n) is 13.7. The zero-order chi connectivity index (χ0) is 17.1. The SMILES string of the molecule is CN=C(NCc1cc(Br)ccc1OC(F)F)NC1CC2CCC1O2.I. The summed E-state index contributed by atoms with van der Waals surface area (Å²) in [5.74, 6) is 0.776. The molecule has 0 radical (unpaired) electrons. The minimum Gasteiger partial charge on any atom is -0.434 e. The molecule has 140 valence electrons. The maximum absolute atomic E-state index is 12.5. The molecule has 9 heteroatoms. The van der Waals surface area contributed by atoms with Gasteiger partial charge in [0.05, 0.1) is 18.2 Å². The molecule has 2 aliphatic heterocycles. The maximum Gasteiger partial charge on any atom is 0.387 e. The van der Waals surface area contributed by atoms with Crippen LogP contribution < -0.4 is 15.4 Å². The fourth-order valence-electron chi connectivity index (χ4n) is 3.24. The third kappa shape index (κ3) is 5.40. The van der Waals surface area contributed by atoms with Crippen molar-refractivity contribution >= 4 is 45.9 Å². The lowest BCUT2D eigenvalue weighted by Crippen LogP contribution is -2.47. The highest BCUT2D eigenvalue weighted by molar-refractivity contribution is 14.0. The van der Waals surface area contributed by atoms with Crippen LogP contribution in [0, 0.1) is 0 Å². The number of benzene rings is 1. The Kier molecular flexibility index (Phi) is 7.68. The summed E-state index contributed by atoms with van der Waals surface area (Å²) in [6.45, 7) is -2.53. The van der Waals surface area contributed by atoms with Crippen LogP contribution in [0.3, 0.4) is 0 Å². The molecule has 0 aromatic heterocycles. The number of nitrogens with one attached hydrogen (secondary N) is 2. The molecule has 1 aromatic rings. The maximum atomic E-state index is 12.5. The molecule has 1 aromatic carbocycles. The van der Waals surface area contributed by atoms with Crippen molar-refractivity contribution in [2.24, 2.45) is 4.99 Å². The molecule has 0 amide bonds. The molecule has 2 bridgehead atoms. The number of fused-ring (bicyclic) bond motifs is 2. The largest absolute Gasteiger partial charge is 0.434 e. The molecule has 25 heavy (non-hydrogen) atoms. The van der Waals surface area contributed by atoms with Gasteiger partial charge in [-0.3, -0.25) is 4.99 Å². The first-order chi connectivity index (χ1) is 11.5. The molecule has 0 saturated carbocycles. The Morgan fingerprint density at radius 2 is 2.24 bits per heavy atom. The Bertz CT molecular complexity index is 621. The van der Waals surface area contributed by atoms with E-state index in [0.29, 0.717) is 24.2 Å². The standard InChI is InChI=1S/C16H20BrF2N3O2.HI/c1-20-16(22-12-7-11-3-5-14(12)23-11)21-8-9-6-10(17)2-4-13(9)24-15(18)19;/h2,4,6,11-12,14-15H,3,5,7-8H2,1H3,(H2,20,21,22);1H. The summed E-state index contributed by atoms with van der Waals surface area (Å²) < 4.78 is 36.2. The van der Waals surface area contributed by atoms with Gasteiger partial charge in [0.1, 0.15) is 5.75 Å². The number of ether oxygens (including phenoxy) is 2. The third-order valence-electron chi connectivity index (χ3n) is 4.34. The molecule has 2 heterocycles. The second-order valence-electron chi connectivity index (χ2n) is 5.92. The monoisotopic (exact) mass is 531 g/mol. The van der Waals surface area contributed by atoms with Gasteiger partial charge in [0.25, 0.3) is 0 Å². The summed E-state index contributed by atoms with van der Waals surface area (Å²) in [6.07, 6.45) is 3.75. The van der Waals surface area contributed by atoms with Crippen LogP contribution in [-0.2, 0) is 11.3 Å². The smallest absolute Gasteiger partial charge is 0.387 e. The van der Waals surface area contributed by atoms with Gasteiger partial charge in [-0.05, 0) is 37.5 Å². The lowest BCUT2D eigenvalue weighted by Gasteiger charge is -2.23. The van der Waals surface area contributed by atoms with Crippen molar-refractivity contribution in [3.05, 3.63) is 28.2 Å². The molecule has 2 aliphatic rings. The number of guanidine groups is 1. The predicted octanol–water partition coefficient (Wildman–Crippen LogP) is 3.65. The molecular weight excluding hydrogens is 511 g/mol. The van der Waals surface area contributed by atoms with Gasteiger partial charge in [0.2, 0.25) is 0 Å². The van der Waals surface area contributed by atoms with E-state index in [9.17, 15) is 8.78 Å². The Morgan fingerprint density at radius 3 is 2.84 bits per heavy atom. The lowest BCUT2D eigenvalue weighted by atomic mass is 9.96. The molecule has 0 aliphatic carbocycles. The van der Waals surface area contributed by atoms with Gasteiger partial charge in [-0.25, -0.2) is 0 Å². The average Bonchev–Trinajstić information content (AvgIpc) is 3.16. The Balaban J connectivity index is 0.00000225. The highest BCUT2D eigenvalue weighted by Crippen LogP contribution is 2.34. The van der Waals surface area contributed by atoms with Gasteiger partial charge in [-0.2, -0.15) is 8.78 Å². The highest BCUT2D eigenvalue weighted by atomic mass is 127. The zero-order valence-corrected chi connectivity index (χ0v) is 17.6. The summed E-state index contributed by atoms with van der Waals surface area (Å²) in [4.78, 5) is 4.20.